The van der Waals surface area contributed by atoms with Crippen LogP contribution in [0.15, 0.2) is 46.9 Å². The lowest BCUT2D eigenvalue weighted by Gasteiger charge is -2.14. The highest BCUT2D eigenvalue weighted by Gasteiger charge is 2.11. The Balaban J connectivity index is 2.07. The highest BCUT2D eigenvalue weighted by molar-refractivity contribution is 9.10. The van der Waals surface area contributed by atoms with Crippen LogP contribution in [0.4, 0.5) is 4.39 Å². The van der Waals surface area contributed by atoms with Crippen LogP contribution in [0.1, 0.15) is 11.1 Å². The molecule has 0 radical (unpaired) electrons. The van der Waals surface area contributed by atoms with Crippen LogP contribution in [-0.4, -0.2) is 5.88 Å². The number of hydrogen-bond donors (Lipinski definition) is 0. The van der Waals surface area contributed by atoms with Crippen molar-refractivity contribution in [3.63, 3.8) is 0 Å². The van der Waals surface area contributed by atoms with Crippen LogP contribution >= 0.6 is 39.1 Å². The molecule has 0 saturated carbocycles. The zero-order valence-corrected chi connectivity index (χ0v) is 13.8. The second kappa shape index (κ2) is 7.44. The monoisotopic (exact) mass is 374 g/mol. The lowest BCUT2D eigenvalue weighted by Crippen LogP contribution is -2.10. The number of hydrogen-bond acceptors (Lipinski definition) is 0. The van der Waals surface area contributed by atoms with Gasteiger partial charge in [-0.05, 0) is 70.1 Å². The van der Waals surface area contributed by atoms with E-state index in [1.54, 1.807) is 6.07 Å². The Kier molecular flexibility index (Phi) is 5.88. The Morgan fingerprint density at radius 2 is 1.75 bits per heavy atom. The Bertz CT molecular complexity index is 586. The van der Waals surface area contributed by atoms with Crippen molar-refractivity contribution in [1.29, 1.82) is 0 Å². The van der Waals surface area contributed by atoms with E-state index in [1.807, 2.05) is 30.3 Å². The van der Waals surface area contributed by atoms with Crippen LogP contribution in [0.25, 0.3) is 0 Å². The average Bonchev–Trinajstić information content (AvgIpc) is 2.42. The van der Waals surface area contributed by atoms with Crippen molar-refractivity contribution in [2.75, 3.05) is 5.88 Å². The summed E-state index contributed by atoms with van der Waals surface area (Å²) in [5.41, 5.74) is 2.25. The fourth-order valence-electron chi connectivity index (χ4n) is 2.18. The predicted molar refractivity (Wildman–Crippen MR) is 87.2 cm³/mol. The summed E-state index contributed by atoms with van der Waals surface area (Å²) in [7, 11) is 0. The van der Waals surface area contributed by atoms with Crippen LogP contribution in [0.2, 0.25) is 5.02 Å². The molecule has 2 rings (SSSR count). The summed E-state index contributed by atoms with van der Waals surface area (Å²) in [6, 6.07) is 12.9. The third kappa shape index (κ3) is 4.47. The normalized spacial score (nSPS) is 12.4. The molecule has 2 aromatic carbocycles. The van der Waals surface area contributed by atoms with Gasteiger partial charge in [-0.3, -0.25) is 0 Å². The summed E-state index contributed by atoms with van der Waals surface area (Å²) in [5, 5.41) is 0.736. The molecule has 0 aromatic heterocycles. The first kappa shape index (κ1) is 15.8. The second-order valence-electron chi connectivity index (χ2n) is 4.81. The van der Waals surface area contributed by atoms with Crippen LogP contribution in [0.3, 0.4) is 0 Å². The summed E-state index contributed by atoms with van der Waals surface area (Å²) >= 11 is 15.3. The maximum atomic E-state index is 13.2. The van der Waals surface area contributed by atoms with Gasteiger partial charge in [0.2, 0.25) is 0 Å². The van der Waals surface area contributed by atoms with Crippen molar-refractivity contribution in [3.05, 3.63) is 68.9 Å². The van der Waals surface area contributed by atoms with Gasteiger partial charge in [-0.1, -0.05) is 29.8 Å². The molecule has 0 N–H and O–H groups in total. The molecular weight excluding hydrogens is 362 g/mol. The van der Waals surface area contributed by atoms with Crippen molar-refractivity contribution >= 4 is 39.1 Å². The van der Waals surface area contributed by atoms with E-state index in [4.69, 9.17) is 23.2 Å². The molecule has 0 nitrogen and oxygen atoms in total. The lowest BCUT2D eigenvalue weighted by atomic mass is 9.94. The Labute approximate surface area is 137 Å². The topological polar surface area (TPSA) is 0 Å². The van der Waals surface area contributed by atoms with Gasteiger partial charge in [0.25, 0.3) is 0 Å². The van der Waals surface area contributed by atoms with Crippen molar-refractivity contribution < 1.29 is 4.39 Å². The first-order valence-corrected chi connectivity index (χ1v) is 8.03. The van der Waals surface area contributed by atoms with E-state index in [0.717, 1.165) is 23.4 Å². The fraction of sp³-hybridized carbons (Fsp3) is 0.250. The molecule has 0 bridgehead atoms. The number of halogens is 4. The number of rotatable bonds is 5. The molecule has 0 aliphatic rings. The summed E-state index contributed by atoms with van der Waals surface area (Å²) in [6.07, 6.45) is 1.67. The van der Waals surface area contributed by atoms with E-state index in [9.17, 15) is 4.39 Å². The van der Waals surface area contributed by atoms with Crippen molar-refractivity contribution in [2.45, 2.75) is 12.8 Å². The quantitative estimate of drug-likeness (QED) is 0.572. The molecule has 106 valence electrons. The van der Waals surface area contributed by atoms with Crippen molar-refractivity contribution in [1.82, 2.24) is 0 Å². The van der Waals surface area contributed by atoms with Gasteiger partial charge in [0.1, 0.15) is 5.82 Å². The Morgan fingerprint density at radius 3 is 2.35 bits per heavy atom. The van der Waals surface area contributed by atoms with Crippen LogP contribution in [0.5, 0.6) is 0 Å². The summed E-state index contributed by atoms with van der Waals surface area (Å²) < 4.78 is 13.7. The lowest BCUT2D eigenvalue weighted by molar-refractivity contribution is 0.580. The number of benzene rings is 2. The highest BCUT2D eigenvalue weighted by atomic mass is 79.9. The van der Waals surface area contributed by atoms with Gasteiger partial charge in [0.15, 0.2) is 0 Å². The molecule has 0 spiro atoms. The number of alkyl halides is 1. The van der Waals surface area contributed by atoms with Crippen molar-refractivity contribution in [2.24, 2.45) is 5.92 Å². The molecule has 4 heteroatoms. The minimum absolute atomic E-state index is 0.244. The molecule has 1 atom stereocenters. The molecule has 2 aromatic rings. The zero-order valence-electron chi connectivity index (χ0n) is 10.8. The largest absolute Gasteiger partial charge is 0.206 e. The molecule has 1 unspecified atom stereocenters. The third-order valence-electron chi connectivity index (χ3n) is 3.14. The average molecular weight is 376 g/mol. The predicted octanol–water partition coefficient (Wildman–Crippen LogP) is 5.88. The van der Waals surface area contributed by atoms with E-state index in [1.165, 1.54) is 11.6 Å². The fourth-order valence-corrected chi connectivity index (χ4v) is 3.04. The molecule has 0 amide bonds. The first-order chi connectivity index (χ1) is 9.58. The van der Waals surface area contributed by atoms with Gasteiger partial charge < -0.3 is 0 Å². The molecule has 20 heavy (non-hydrogen) atoms. The zero-order chi connectivity index (χ0) is 14.5. The van der Waals surface area contributed by atoms with Gasteiger partial charge in [0, 0.05) is 10.9 Å². The maximum Gasteiger partial charge on any atom is 0.137 e. The van der Waals surface area contributed by atoms with Gasteiger partial charge in [-0.2, -0.15) is 0 Å². The maximum absolute atomic E-state index is 13.2. The minimum Gasteiger partial charge on any atom is -0.206 e. The molecular formula is C16H14BrCl2F. The van der Waals surface area contributed by atoms with Gasteiger partial charge >= 0.3 is 0 Å². The molecule has 0 aliphatic carbocycles. The van der Waals surface area contributed by atoms with Gasteiger partial charge in [-0.15, -0.1) is 11.6 Å². The Hall–Kier alpha value is -0.570. The summed E-state index contributed by atoms with van der Waals surface area (Å²) in [4.78, 5) is 0. The van der Waals surface area contributed by atoms with E-state index < -0.39 is 0 Å². The molecule has 0 heterocycles. The molecule has 0 saturated heterocycles. The second-order valence-corrected chi connectivity index (χ2v) is 6.41. The van der Waals surface area contributed by atoms with E-state index >= 15 is 0 Å². The van der Waals surface area contributed by atoms with E-state index in [0.29, 0.717) is 16.3 Å². The van der Waals surface area contributed by atoms with Crippen LogP contribution < -0.4 is 0 Å². The summed E-state index contributed by atoms with van der Waals surface area (Å²) in [5.74, 6) is 0.611. The van der Waals surface area contributed by atoms with E-state index in [-0.39, 0.29) is 5.82 Å². The van der Waals surface area contributed by atoms with Crippen LogP contribution in [-0.2, 0) is 12.8 Å². The summed E-state index contributed by atoms with van der Waals surface area (Å²) in [6.45, 7) is 0. The van der Waals surface area contributed by atoms with Crippen molar-refractivity contribution in [3.8, 4) is 0 Å². The van der Waals surface area contributed by atoms with Gasteiger partial charge in [0.05, 0.1) is 4.47 Å². The van der Waals surface area contributed by atoms with E-state index in [2.05, 4.69) is 15.9 Å². The van der Waals surface area contributed by atoms with Gasteiger partial charge in [-0.25, -0.2) is 4.39 Å². The first-order valence-electron chi connectivity index (χ1n) is 6.33. The standard InChI is InChI=1S/C16H14BrCl2F/c17-15-9-12(4-5-16(15)20)7-13(10-18)6-11-2-1-3-14(19)8-11/h1-5,8-9,13H,6-7,10H2. The van der Waals surface area contributed by atoms with Crippen LogP contribution in [0, 0.1) is 11.7 Å². The highest BCUT2D eigenvalue weighted by Crippen LogP contribution is 2.22. The Morgan fingerprint density at radius 1 is 1.05 bits per heavy atom. The molecule has 0 aliphatic heterocycles. The molecule has 0 fully saturated rings. The third-order valence-corrected chi connectivity index (χ3v) is 4.42. The smallest absolute Gasteiger partial charge is 0.137 e. The minimum atomic E-state index is -0.244. The SMILES string of the molecule is Fc1ccc(CC(CCl)Cc2cccc(Cl)c2)cc1Br.